The lowest BCUT2D eigenvalue weighted by Gasteiger charge is -2.05. The van der Waals surface area contributed by atoms with Gasteiger partial charge in [-0.2, -0.15) is 0 Å². The van der Waals surface area contributed by atoms with Crippen LogP contribution in [0.4, 0.5) is 10.1 Å². The number of benzene rings is 2. The Morgan fingerprint density at radius 1 is 1.00 bits per heavy atom. The number of halogens is 1. The van der Waals surface area contributed by atoms with E-state index in [0.717, 1.165) is 24.1 Å². The number of hydrogen-bond donors (Lipinski definition) is 1. The Hall–Kier alpha value is -2.49. The highest BCUT2D eigenvalue weighted by molar-refractivity contribution is 6.46. The predicted molar refractivity (Wildman–Crippen MR) is 75.2 cm³/mol. The normalized spacial score (nSPS) is 10.1. The Labute approximate surface area is 116 Å². The molecule has 0 spiro atoms. The smallest absolute Gasteiger partial charge is 0.296 e. The van der Waals surface area contributed by atoms with Crippen LogP contribution in [0.25, 0.3) is 0 Å². The van der Waals surface area contributed by atoms with Crippen molar-refractivity contribution in [3.63, 3.8) is 0 Å². The number of hydrogen-bond acceptors (Lipinski definition) is 2. The Bertz CT molecular complexity index is 618. The molecule has 20 heavy (non-hydrogen) atoms. The molecule has 0 saturated carbocycles. The minimum absolute atomic E-state index is 0.161. The number of amides is 1. The van der Waals surface area contributed by atoms with Gasteiger partial charge in [0, 0.05) is 11.3 Å². The first-order valence-corrected chi connectivity index (χ1v) is 6.30. The first-order valence-electron chi connectivity index (χ1n) is 6.30. The van der Waals surface area contributed by atoms with Crippen molar-refractivity contribution in [3.8, 4) is 0 Å². The molecule has 0 unspecified atom stereocenters. The van der Waals surface area contributed by atoms with Crippen LogP contribution in [-0.2, 0) is 11.2 Å². The van der Waals surface area contributed by atoms with E-state index in [1.807, 2.05) is 19.1 Å². The van der Waals surface area contributed by atoms with Crippen LogP contribution < -0.4 is 5.32 Å². The maximum atomic E-state index is 12.8. The maximum Gasteiger partial charge on any atom is 0.296 e. The van der Waals surface area contributed by atoms with E-state index in [-0.39, 0.29) is 5.56 Å². The largest absolute Gasteiger partial charge is 0.319 e. The van der Waals surface area contributed by atoms with Crippen molar-refractivity contribution in [1.29, 1.82) is 0 Å². The number of Topliss-reactive ketones (excluding diaryl/α,β-unsaturated/α-hetero) is 1. The van der Waals surface area contributed by atoms with Gasteiger partial charge < -0.3 is 5.32 Å². The summed E-state index contributed by atoms with van der Waals surface area (Å²) < 4.78 is 12.8. The molecule has 0 aliphatic rings. The van der Waals surface area contributed by atoms with Gasteiger partial charge in [0.1, 0.15) is 5.82 Å². The van der Waals surface area contributed by atoms with Gasteiger partial charge in [-0.1, -0.05) is 19.1 Å². The van der Waals surface area contributed by atoms with Gasteiger partial charge in [-0.15, -0.1) is 0 Å². The molecule has 1 N–H and O–H groups in total. The summed E-state index contributed by atoms with van der Waals surface area (Å²) in [6, 6.07) is 12.1. The molecule has 0 saturated heterocycles. The second kappa shape index (κ2) is 6.10. The highest BCUT2D eigenvalue weighted by Crippen LogP contribution is 2.11. The monoisotopic (exact) mass is 271 g/mol. The molecule has 0 radical (unpaired) electrons. The lowest BCUT2D eigenvalue weighted by Crippen LogP contribution is -2.22. The quantitative estimate of drug-likeness (QED) is 0.685. The lowest BCUT2D eigenvalue weighted by molar-refractivity contribution is -0.112. The van der Waals surface area contributed by atoms with Crippen LogP contribution in [0.2, 0.25) is 0 Å². The molecule has 1 amide bonds. The van der Waals surface area contributed by atoms with E-state index in [0.29, 0.717) is 5.69 Å². The number of nitrogens with one attached hydrogen (secondary N) is 1. The lowest BCUT2D eigenvalue weighted by atomic mass is 10.1. The molecule has 0 atom stereocenters. The zero-order valence-corrected chi connectivity index (χ0v) is 11.0. The van der Waals surface area contributed by atoms with Gasteiger partial charge in [0.15, 0.2) is 0 Å². The summed E-state index contributed by atoms with van der Waals surface area (Å²) in [7, 11) is 0. The van der Waals surface area contributed by atoms with Gasteiger partial charge in [-0.25, -0.2) is 4.39 Å². The highest BCUT2D eigenvalue weighted by atomic mass is 19.1. The maximum absolute atomic E-state index is 12.8. The zero-order valence-electron chi connectivity index (χ0n) is 11.0. The molecule has 0 aromatic heterocycles. The molecule has 4 heteroatoms. The highest BCUT2D eigenvalue weighted by Gasteiger charge is 2.16. The van der Waals surface area contributed by atoms with Crippen molar-refractivity contribution < 1.29 is 14.0 Å². The molecule has 2 rings (SSSR count). The van der Waals surface area contributed by atoms with Crippen LogP contribution in [0.15, 0.2) is 48.5 Å². The Balaban J connectivity index is 2.07. The van der Waals surface area contributed by atoms with Crippen molar-refractivity contribution >= 4 is 17.4 Å². The van der Waals surface area contributed by atoms with E-state index in [4.69, 9.17) is 0 Å². The topological polar surface area (TPSA) is 46.2 Å². The third-order valence-electron chi connectivity index (χ3n) is 2.93. The third-order valence-corrected chi connectivity index (χ3v) is 2.93. The van der Waals surface area contributed by atoms with Crippen molar-refractivity contribution in [2.75, 3.05) is 5.32 Å². The van der Waals surface area contributed by atoms with Gasteiger partial charge in [-0.3, -0.25) is 9.59 Å². The number of aryl methyl sites for hydroxylation is 1. The standard InChI is InChI=1S/C16H14FNO2/c1-2-11-3-9-14(10-4-11)18-16(20)15(19)12-5-7-13(17)8-6-12/h3-10H,2H2,1H3,(H,18,20). The third kappa shape index (κ3) is 3.29. The van der Waals surface area contributed by atoms with Gasteiger partial charge in [0.2, 0.25) is 0 Å². The molecule has 2 aromatic rings. The van der Waals surface area contributed by atoms with E-state index < -0.39 is 17.5 Å². The van der Waals surface area contributed by atoms with Gasteiger partial charge in [0.05, 0.1) is 0 Å². The first-order chi connectivity index (χ1) is 9.60. The Kier molecular flexibility index (Phi) is 4.25. The summed E-state index contributed by atoms with van der Waals surface area (Å²) in [5, 5.41) is 2.52. The SMILES string of the molecule is CCc1ccc(NC(=O)C(=O)c2ccc(F)cc2)cc1. The van der Waals surface area contributed by atoms with Crippen LogP contribution in [-0.4, -0.2) is 11.7 Å². The molecule has 3 nitrogen and oxygen atoms in total. The van der Waals surface area contributed by atoms with Crippen LogP contribution in [0.1, 0.15) is 22.8 Å². The molecule has 0 aliphatic carbocycles. The molecule has 0 bridgehead atoms. The van der Waals surface area contributed by atoms with E-state index in [2.05, 4.69) is 5.32 Å². The number of rotatable bonds is 4. The molecular formula is C16H14FNO2. The molecular weight excluding hydrogens is 257 g/mol. The fraction of sp³-hybridized carbons (Fsp3) is 0.125. The van der Waals surface area contributed by atoms with E-state index in [1.165, 1.54) is 12.1 Å². The van der Waals surface area contributed by atoms with Crippen molar-refractivity contribution in [2.24, 2.45) is 0 Å². The minimum Gasteiger partial charge on any atom is -0.319 e. The van der Waals surface area contributed by atoms with Crippen molar-refractivity contribution in [1.82, 2.24) is 0 Å². The summed E-state index contributed by atoms with van der Waals surface area (Å²) in [4.78, 5) is 23.6. The Morgan fingerprint density at radius 2 is 1.60 bits per heavy atom. The summed E-state index contributed by atoms with van der Waals surface area (Å²) >= 11 is 0. The molecule has 2 aromatic carbocycles. The van der Waals surface area contributed by atoms with E-state index in [1.54, 1.807) is 12.1 Å². The molecule has 0 fully saturated rings. The van der Waals surface area contributed by atoms with Gasteiger partial charge >= 0.3 is 0 Å². The Morgan fingerprint density at radius 3 is 2.15 bits per heavy atom. The number of carbonyl (C=O) groups excluding carboxylic acids is 2. The average molecular weight is 271 g/mol. The van der Waals surface area contributed by atoms with Crippen LogP contribution in [0, 0.1) is 5.82 Å². The fourth-order valence-corrected chi connectivity index (χ4v) is 1.74. The van der Waals surface area contributed by atoms with E-state index in [9.17, 15) is 14.0 Å². The first kappa shape index (κ1) is 13.9. The van der Waals surface area contributed by atoms with E-state index >= 15 is 0 Å². The second-order valence-electron chi connectivity index (χ2n) is 4.34. The summed E-state index contributed by atoms with van der Waals surface area (Å²) in [5.74, 6) is -1.87. The number of anilines is 1. The molecule has 0 aliphatic heterocycles. The second-order valence-corrected chi connectivity index (χ2v) is 4.34. The minimum atomic E-state index is -0.735. The fourth-order valence-electron chi connectivity index (χ4n) is 1.74. The number of ketones is 1. The summed E-state index contributed by atoms with van der Waals surface area (Å²) in [6.45, 7) is 2.03. The van der Waals surface area contributed by atoms with Crippen LogP contribution >= 0.6 is 0 Å². The van der Waals surface area contributed by atoms with Crippen LogP contribution in [0.5, 0.6) is 0 Å². The summed E-state index contributed by atoms with van der Waals surface area (Å²) in [5.41, 5.74) is 1.87. The number of carbonyl (C=O) groups is 2. The molecule has 0 heterocycles. The van der Waals surface area contributed by atoms with Gasteiger partial charge in [0.25, 0.3) is 11.7 Å². The predicted octanol–water partition coefficient (Wildman–Crippen LogP) is 3.21. The zero-order chi connectivity index (χ0) is 14.5. The van der Waals surface area contributed by atoms with Crippen molar-refractivity contribution in [2.45, 2.75) is 13.3 Å². The van der Waals surface area contributed by atoms with Crippen molar-refractivity contribution in [3.05, 3.63) is 65.5 Å². The van der Waals surface area contributed by atoms with Crippen LogP contribution in [0.3, 0.4) is 0 Å². The molecule has 102 valence electrons. The average Bonchev–Trinajstić information content (AvgIpc) is 2.48. The van der Waals surface area contributed by atoms with Gasteiger partial charge in [-0.05, 0) is 48.4 Å². The summed E-state index contributed by atoms with van der Waals surface area (Å²) in [6.07, 6.45) is 0.905.